The van der Waals surface area contributed by atoms with Crippen LogP contribution in [0.5, 0.6) is 5.75 Å². The van der Waals surface area contributed by atoms with Gasteiger partial charge in [0.15, 0.2) is 5.75 Å². The second-order valence-electron chi connectivity index (χ2n) is 5.47. The fourth-order valence-corrected chi connectivity index (χ4v) is 4.37. The third kappa shape index (κ3) is 3.31. The summed E-state index contributed by atoms with van der Waals surface area (Å²) in [5.41, 5.74) is 0.855. The lowest BCUT2D eigenvalue weighted by Gasteiger charge is -2.25. The molecule has 0 aliphatic heterocycles. The lowest BCUT2D eigenvalue weighted by Crippen LogP contribution is -2.18. The molecule has 21 heavy (non-hydrogen) atoms. The van der Waals surface area contributed by atoms with Crippen LogP contribution in [0.1, 0.15) is 36.6 Å². The number of aromatic hydroxyl groups is 1. The van der Waals surface area contributed by atoms with Crippen molar-refractivity contribution in [3.63, 3.8) is 0 Å². The van der Waals surface area contributed by atoms with E-state index in [0.717, 1.165) is 5.69 Å². The van der Waals surface area contributed by atoms with Crippen LogP contribution in [0.15, 0.2) is 29.6 Å². The number of phenolic OH excluding ortho intramolecular Hbond substituents is 1. The summed E-state index contributed by atoms with van der Waals surface area (Å²) >= 11 is 13.8. The number of hydrogen-bond donors (Lipinski definition) is 2. The van der Waals surface area contributed by atoms with Gasteiger partial charge in [0.05, 0.1) is 16.1 Å². The van der Waals surface area contributed by atoms with Crippen molar-refractivity contribution in [3.8, 4) is 5.75 Å². The molecular formula is C16H17Cl2NOS. The quantitative estimate of drug-likeness (QED) is 0.658. The summed E-state index contributed by atoms with van der Waals surface area (Å²) < 4.78 is 0. The number of hydrogen-bond acceptors (Lipinski definition) is 3. The monoisotopic (exact) mass is 341 g/mol. The van der Waals surface area contributed by atoms with E-state index in [1.54, 1.807) is 23.5 Å². The summed E-state index contributed by atoms with van der Waals surface area (Å²) in [6.45, 7) is 0. The Morgan fingerprint density at radius 2 is 1.86 bits per heavy atom. The number of halogens is 2. The summed E-state index contributed by atoms with van der Waals surface area (Å²) in [7, 11) is 0. The first-order chi connectivity index (χ1) is 10.1. The molecule has 112 valence electrons. The van der Waals surface area contributed by atoms with Gasteiger partial charge in [0.2, 0.25) is 0 Å². The molecule has 1 aliphatic carbocycles. The van der Waals surface area contributed by atoms with Crippen LogP contribution in [-0.2, 0) is 0 Å². The Morgan fingerprint density at radius 1 is 1.19 bits per heavy atom. The summed E-state index contributed by atoms with van der Waals surface area (Å²) in [4.78, 5) is 1.34. The molecule has 2 aromatic rings. The zero-order valence-electron chi connectivity index (χ0n) is 11.5. The molecule has 0 radical (unpaired) electrons. The molecule has 1 unspecified atom stereocenters. The predicted octanol–water partition coefficient (Wildman–Crippen LogP) is 6.10. The van der Waals surface area contributed by atoms with E-state index in [9.17, 15) is 5.11 Å². The highest BCUT2D eigenvalue weighted by Gasteiger charge is 2.27. The molecule has 5 heteroatoms. The lowest BCUT2D eigenvalue weighted by molar-refractivity contribution is 0.472. The van der Waals surface area contributed by atoms with Crippen LogP contribution in [0, 0.1) is 5.92 Å². The van der Waals surface area contributed by atoms with Crippen LogP contribution in [0.3, 0.4) is 0 Å². The minimum Gasteiger partial charge on any atom is -0.505 e. The van der Waals surface area contributed by atoms with E-state index in [0.29, 0.717) is 5.92 Å². The third-order valence-corrected chi connectivity index (χ3v) is 5.59. The van der Waals surface area contributed by atoms with Gasteiger partial charge in [-0.25, -0.2) is 0 Å². The van der Waals surface area contributed by atoms with E-state index in [-0.39, 0.29) is 21.8 Å². The van der Waals surface area contributed by atoms with Gasteiger partial charge in [-0.15, -0.1) is 11.3 Å². The van der Waals surface area contributed by atoms with Gasteiger partial charge in [0.25, 0.3) is 0 Å². The van der Waals surface area contributed by atoms with Gasteiger partial charge in [0.1, 0.15) is 0 Å². The van der Waals surface area contributed by atoms with E-state index in [4.69, 9.17) is 23.2 Å². The molecule has 0 amide bonds. The fraction of sp³-hybridized carbons (Fsp3) is 0.375. The first kappa shape index (κ1) is 15.0. The summed E-state index contributed by atoms with van der Waals surface area (Å²) in [6, 6.07) is 8.01. The lowest BCUT2D eigenvalue weighted by atomic mass is 9.96. The van der Waals surface area contributed by atoms with Crippen molar-refractivity contribution >= 4 is 40.2 Å². The normalized spacial score (nSPS) is 17.0. The Labute approximate surface area is 138 Å². The highest BCUT2D eigenvalue weighted by Crippen LogP contribution is 2.41. The van der Waals surface area contributed by atoms with E-state index in [1.807, 2.05) is 0 Å². The average molecular weight is 342 g/mol. The maximum Gasteiger partial charge on any atom is 0.152 e. The predicted molar refractivity (Wildman–Crippen MR) is 90.8 cm³/mol. The van der Waals surface area contributed by atoms with Crippen molar-refractivity contribution < 1.29 is 5.11 Å². The zero-order valence-corrected chi connectivity index (χ0v) is 13.8. The topological polar surface area (TPSA) is 32.3 Å². The van der Waals surface area contributed by atoms with Crippen molar-refractivity contribution in [1.29, 1.82) is 0 Å². The maximum absolute atomic E-state index is 9.67. The molecule has 1 aliphatic rings. The van der Waals surface area contributed by atoms with Crippen LogP contribution in [0.25, 0.3) is 0 Å². The molecule has 2 N–H and O–H groups in total. The highest BCUT2D eigenvalue weighted by atomic mass is 35.5. The van der Waals surface area contributed by atoms with Gasteiger partial charge >= 0.3 is 0 Å². The van der Waals surface area contributed by atoms with E-state index < -0.39 is 0 Å². The molecule has 0 spiro atoms. The number of anilines is 1. The Balaban J connectivity index is 1.88. The first-order valence-corrected chi connectivity index (χ1v) is 8.76. The highest BCUT2D eigenvalue weighted by molar-refractivity contribution is 7.10. The van der Waals surface area contributed by atoms with Gasteiger partial charge in [-0.1, -0.05) is 42.1 Å². The van der Waals surface area contributed by atoms with E-state index in [1.165, 1.54) is 30.6 Å². The standard InChI is InChI=1S/C16H17Cl2NOS/c17-12-8-11(9-13(18)16(12)20)19-15(10-4-1-2-5-10)14-6-3-7-21-14/h3,6-10,15,19-20H,1-2,4-5H2. The molecule has 1 heterocycles. The Hall–Kier alpha value is -0.900. The number of thiophene rings is 1. The van der Waals surface area contributed by atoms with Crippen LogP contribution in [-0.4, -0.2) is 5.11 Å². The van der Waals surface area contributed by atoms with Crippen LogP contribution >= 0.6 is 34.5 Å². The minimum atomic E-state index is -0.0579. The molecule has 1 saturated carbocycles. The third-order valence-electron chi connectivity index (χ3n) is 4.06. The van der Waals surface area contributed by atoms with Crippen molar-refractivity contribution in [2.45, 2.75) is 31.7 Å². The number of nitrogens with one attached hydrogen (secondary N) is 1. The Bertz CT molecular complexity index is 586. The van der Waals surface area contributed by atoms with Gasteiger partial charge in [-0.3, -0.25) is 0 Å². The van der Waals surface area contributed by atoms with E-state index in [2.05, 4.69) is 22.8 Å². The Morgan fingerprint density at radius 3 is 2.43 bits per heavy atom. The SMILES string of the molecule is Oc1c(Cl)cc(NC(c2cccs2)C2CCCC2)cc1Cl. The number of rotatable bonds is 4. The fourth-order valence-electron chi connectivity index (χ4n) is 3.01. The average Bonchev–Trinajstić information content (AvgIpc) is 3.14. The molecule has 1 atom stereocenters. The minimum absolute atomic E-state index is 0.0579. The second kappa shape index (κ2) is 6.47. The van der Waals surface area contributed by atoms with Gasteiger partial charge in [0, 0.05) is 10.6 Å². The van der Waals surface area contributed by atoms with Crippen LogP contribution in [0.4, 0.5) is 5.69 Å². The van der Waals surface area contributed by atoms with Crippen LogP contribution < -0.4 is 5.32 Å². The van der Waals surface area contributed by atoms with E-state index >= 15 is 0 Å². The number of phenols is 1. The molecule has 1 fully saturated rings. The molecular weight excluding hydrogens is 325 g/mol. The molecule has 1 aromatic heterocycles. The molecule has 0 saturated heterocycles. The largest absolute Gasteiger partial charge is 0.505 e. The summed E-state index contributed by atoms with van der Waals surface area (Å²) in [5, 5.41) is 15.9. The first-order valence-electron chi connectivity index (χ1n) is 7.13. The molecule has 1 aromatic carbocycles. The van der Waals surface area contributed by atoms with Gasteiger partial charge < -0.3 is 10.4 Å². The summed E-state index contributed by atoms with van der Waals surface area (Å²) in [5.74, 6) is 0.576. The smallest absolute Gasteiger partial charge is 0.152 e. The molecule has 3 rings (SSSR count). The van der Waals surface area contributed by atoms with Crippen molar-refractivity contribution in [3.05, 3.63) is 44.6 Å². The van der Waals surface area contributed by atoms with Crippen molar-refractivity contribution in [2.75, 3.05) is 5.32 Å². The number of benzene rings is 1. The van der Waals surface area contributed by atoms with Gasteiger partial charge in [-0.05, 0) is 42.3 Å². The van der Waals surface area contributed by atoms with Crippen molar-refractivity contribution in [2.24, 2.45) is 5.92 Å². The van der Waals surface area contributed by atoms with Gasteiger partial charge in [-0.2, -0.15) is 0 Å². The molecule has 2 nitrogen and oxygen atoms in total. The maximum atomic E-state index is 9.67. The molecule has 0 bridgehead atoms. The second-order valence-corrected chi connectivity index (χ2v) is 7.26. The Kier molecular flexibility index (Phi) is 4.63. The van der Waals surface area contributed by atoms with Crippen molar-refractivity contribution in [1.82, 2.24) is 0 Å². The zero-order chi connectivity index (χ0) is 14.8. The summed E-state index contributed by atoms with van der Waals surface area (Å²) in [6.07, 6.45) is 5.08. The van der Waals surface area contributed by atoms with Crippen LogP contribution in [0.2, 0.25) is 10.0 Å².